The van der Waals surface area contributed by atoms with Crippen molar-refractivity contribution in [2.24, 2.45) is 0 Å². The smallest absolute Gasteiger partial charge is 0.269 e. The van der Waals surface area contributed by atoms with Gasteiger partial charge < -0.3 is 5.32 Å². The van der Waals surface area contributed by atoms with Crippen LogP contribution in [0, 0.1) is 0 Å². The van der Waals surface area contributed by atoms with Crippen LogP contribution in [0.3, 0.4) is 0 Å². The lowest BCUT2D eigenvalue weighted by atomic mass is 9.91. The van der Waals surface area contributed by atoms with Crippen LogP contribution >= 0.6 is 11.5 Å². The van der Waals surface area contributed by atoms with Gasteiger partial charge in [0.25, 0.3) is 5.56 Å². The van der Waals surface area contributed by atoms with Crippen LogP contribution in [0.2, 0.25) is 0 Å². The molecule has 0 spiro atoms. The number of aromatic nitrogens is 1. The molecule has 2 heterocycles. The normalized spacial score (nSPS) is 19.6. The molecule has 1 N–H and O–H groups in total. The van der Waals surface area contributed by atoms with Gasteiger partial charge in [-0.05, 0) is 45.0 Å². The van der Waals surface area contributed by atoms with Gasteiger partial charge in [-0.2, -0.15) is 0 Å². The zero-order valence-electron chi connectivity index (χ0n) is 9.90. The zero-order valence-corrected chi connectivity index (χ0v) is 10.7. The lowest BCUT2D eigenvalue weighted by Gasteiger charge is -2.34. The summed E-state index contributed by atoms with van der Waals surface area (Å²) in [6.45, 7) is 4.19. The number of nitrogens with zero attached hydrogens (tertiary/aromatic N) is 1. The maximum Gasteiger partial charge on any atom is 0.269 e. The molecule has 0 atom stereocenters. The third-order valence-electron chi connectivity index (χ3n) is 3.66. The van der Waals surface area contributed by atoms with Gasteiger partial charge in [-0.25, -0.2) is 0 Å². The van der Waals surface area contributed by atoms with Gasteiger partial charge in [0.2, 0.25) is 0 Å². The van der Waals surface area contributed by atoms with Crippen molar-refractivity contribution in [3.8, 4) is 0 Å². The first-order chi connectivity index (χ1) is 8.21. The average Bonchev–Trinajstić information content (AvgIpc) is 2.69. The minimum absolute atomic E-state index is 0.00792. The van der Waals surface area contributed by atoms with E-state index in [1.54, 1.807) is 11.5 Å². The van der Waals surface area contributed by atoms with Crippen LogP contribution in [0.1, 0.15) is 19.8 Å². The van der Waals surface area contributed by atoms with Crippen molar-refractivity contribution in [3.05, 3.63) is 34.6 Å². The van der Waals surface area contributed by atoms with Gasteiger partial charge in [0.15, 0.2) is 0 Å². The summed E-state index contributed by atoms with van der Waals surface area (Å²) in [5.41, 5.74) is 0.168. The number of hydrogen-bond donors (Lipinski definition) is 1. The summed E-state index contributed by atoms with van der Waals surface area (Å²) in [7, 11) is 0. The third kappa shape index (κ3) is 1.72. The minimum atomic E-state index is -0.00792. The van der Waals surface area contributed by atoms with E-state index in [0.717, 1.165) is 36.0 Å². The molecule has 4 heteroatoms. The largest absolute Gasteiger partial charge is 0.317 e. The average molecular weight is 248 g/mol. The Morgan fingerprint density at radius 3 is 2.71 bits per heavy atom. The summed E-state index contributed by atoms with van der Waals surface area (Å²) in [4.78, 5) is 12.4. The van der Waals surface area contributed by atoms with E-state index in [2.05, 4.69) is 12.2 Å². The third-order valence-corrected chi connectivity index (χ3v) is 5.00. The molecule has 0 bridgehead atoms. The van der Waals surface area contributed by atoms with Gasteiger partial charge in [-0.3, -0.25) is 8.75 Å². The summed E-state index contributed by atoms with van der Waals surface area (Å²) in [5.74, 6) is 0. The monoisotopic (exact) mass is 248 g/mol. The molecule has 17 heavy (non-hydrogen) atoms. The number of piperidine rings is 1. The molecule has 0 unspecified atom stereocenters. The fraction of sp³-hybridized carbons (Fsp3) is 0.462. The molecule has 2 aromatic rings. The Kier molecular flexibility index (Phi) is 2.56. The van der Waals surface area contributed by atoms with Crippen LogP contribution in [0.4, 0.5) is 0 Å². The molecule has 0 radical (unpaired) electrons. The quantitative estimate of drug-likeness (QED) is 0.839. The van der Waals surface area contributed by atoms with Crippen molar-refractivity contribution in [1.82, 2.24) is 9.27 Å². The molecule has 1 fully saturated rings. The van der Waals surface area contributed by atoms with Crippen LogP contribution in [0.5, 0.6) is 0 Å². The van der Waals surface area contributed by atoms with Crippen LogP contribution in [0.25, 0.3) is 10.1 Å². The highest BCUT2D eigenvalue weighted by molar-refractivity contribution is 7.13. The summed E-state index contributed by atoms with van der Waals surface area (Å²) in [5, 5.41) is 4.21. The van der Waals surface area contributed by atoms with Gasteiger partial charge in [0, 0.05) is 0 Å². The molecular formula is C13H16N2OS. The first-order valence-corrected chi connectivity index (χ1v) is 6.80. The Balaban J connectivity index is 2.17. The number of rotatable bonds is 1. The fourth-order valence-corrected chi connectivity index (χ4v) is 3.67. The lowest BCUT2D eigenvalue weighted by molar-refractivity contribution is 0.244. The predicted octanol–water partition coefficient (Wildman–Crippen LogP) is 2.16. The van der Waals surface area contributed by atoms with Crippen LogP contribution < -0.4 is 10.9 Å². The Morgan fingerprint density at radius 2 is 2.00 bits per heavy atom. The molecule has 3 rings (SSSR count). The molecule has 1 aromatic carbocycles. The minimum Gasteiger partial charge on any atom is -0.317 e. The van der Waals surface area contributed by atoms with E-state index in [-0.39, 0.29) is 11.1 Å². The maximum absolute atomic E-state index is 12.4. The van der Waals surface area contributed by atoms with Gasteiger partial charge >= 0.3 is 0 Å². The molecule has 1 aliphatic rings. The first kappa shape index (κ1) is 11.0. The molecule has 1 aliphatic heterocycles. The highest BCUT2D eigenvalue weighted by Crippen LogP contribution is 2.30. The highest BCUT2D eigenvalue weighted by atomic mass is 32.1. The van der Waals surface area contributed by atoms with Crippen molar-refractivity contribution in [2.75, 3.05) is 13.1 Å². The molecule has 3 nitrogen and oxygen atoms in total. The first-order valence-electron chi connectivity index (χ1n) is 6.03. The van der Waals surface area contributed by atoms with E-state index in [0.29, 0.717) is 0 Å². The molecule has 1 aromatic heterocycles. The maximum atomic E-state index is 12.4. The number of nitrogens with one attached hydrogen (secondary N) is 1. The van der Waals surface area contributed by atoms with Crippen LogP contribution in [0.15, 0.2) is 29.1 Å². The Labute approximate surface area is 104 Å². The highest BCUT2D eigenvalue weighted by Gasteiger charge is 2.31. The van der Waals surface area contributed by atoms with Crippen LogP contribution in [-0.2, 0) is 5.54 Å². The standard InChI is InChI=1S/C13H16N2OS/c1-13(6-8-14-9-7-13)15-12(16)10-4-2-3-5-11(10)17-15/h2-5,14H,6-9H2,1H3. The molecular weight excluding hydrogens is 232 g/mol. The summed E-state index contributed by atoms with van der Waals surface area (Å²) >= 11 is 1.61. The zero-order chi connectivity index (χ0) is 11.9. The van der Waals surface area contributed by atoms with E-state index >= 15 is 0 Å². The van der Waals surface area contributed by atoms with Gasteiger partial charge in [-0.1, -0.05) is 23.7 Å². The predicted molar refractivity (Wildman–Crippen MR) is 71.8 cm³/mol. The van der Waals surface area contributed by atoms with E-state index in [4.69, 9.17) is 0 Å². The Morgan fingerprint density at radius 1 is 1.29 bits per heavy atom. The second kappa shape index (κ2) is 3.96. The second-order valence-corrected chi connectivity index (χ2v) is 5.92. The van der Waals surface area contributed by atoms with Crippen LogP contribution in [-0.4, -0.2) is 17.0 Å². The second-order valence-electron chi connectivity index (χ2n) is 4.93. The van der Waals surface area contributed by atoms with Gasteiger partial charge in [0.05, 0.1) is 15.6 Å². The number of fused-ring (bicyclic) bond motifs is 1. The molecule has 0 amide bonds. The van der Waals surface area contributed by atoms with E-state index in [9.17, 15) is 4.79 Å². The van der Waals surface area contributed by atoms with Crippen molar-refractivity contribution in [1.29, 1.82) is 0 Å². The molecule has 0 saturated carbocycles. The van der Waals surface area contributed by atoms with Crippen molar-refractivity contribution < 1.29 is 0 Å². The molecule has 1 saturated heterocycles. The number of hydrogen-bond acceptors (Lipinski definition) is 3. The van der Waals surface area contributed by atoms with Gasteiger partial charge in [-0.15, -0.1) is 0 Å². The lowest BCUT2D eigenvalue weighted by Crippen LogP contribution is -2.44. The summed E-state index contributed by atoms with van der Waals surface area (Å²) in [6, 6.07) is 7.89. The molecule has 0 aliphatic carbocycles. The summed E-state index contributed by atoms with van der Waals surface area (Å²) < 4.78 is 3.08. The van der Waals surface area contributed by atoms with Crippen molar-refractivity contribution >= 4 is 21.6 Å². The van der Waals surface area contributed by atoms with E-state index in [1.807, 2.05) is 28.2 Å². The molecule has 90 valence electrons. The SMILES string of the molecule is CC1(n2sc3ccccc3c2=O)CCNCC1. The topological polar surface area (TPSA) is 34.0 Å². The summed E-state index contributed by atoms with van der Waals surface area (Å²) in [6.07, 6.45) is 2.06. The van der Waals surface area contributed by atoms with E-state index in [1.165, 1.54) is 0 Å². The fourth-order valence-electron chi connectivity index (χ4n) is 2.50. The Hall–Kier alpha value is -1.13. The Bertz CT molecular complexity index is 593. The van der Waals surface area contributed by atoms with Crippen molar-refractivity contribution in [3.63, 3.8) is 0 Å². The van der Waals surface area contributed by atoms with E-state index < -0.39 is 0 Å². The number of benzene rings is 1. The van der Waals surface area contributed by atoms with Crippen molar-refractivity contribution in [2.45, 2.75) is 25.3 Å². The van der Waals surface area contributed by atoms with Gasteiger partial charge in [0.1, 0.15) is 0 Å².